The summed E-state index contributed by atoms with van der Waals surface area (Å²) in [7, 11) is 0. The van der Waals surface area contributed by atoms with Gasteiger partial charge >= 0.3 is 0 Å². The highest BCUT2D eigenvalue weighted by Gasteiger charge is 2.08. The predicted octanol–water partition coefficient (Wildman–Crippen LogP) is -1.38. The van der Waals surface area contributed by atoms with Crippen LogP contribution >= 0.6 is 0 Å². The van der Waals surface area contributed by atoms with Crippen molar-refractivity contribution >= 4 is 30.3 Å². The molecule has 0 aliphatic rings. The number of nitrogen functional groups attached to an aromatic ring is 2. The van der Waals surface area contributed by atoms with E-state index in [9.17, 15) is 4.79 Å². The first kappa shape index (κ1) is 12.4. The number of hydrogen-bond donors (Lipinski definition) is 5. The quantitative estimate of drug-likeness (QED) is 0.376. The Morgan fingerprint density at radius 1 is 1.27 bits per heavy atom. The van der Waals surface area contributed by atoms with E-state index in [1.807, 2.05) is 0 Å². The standard InChI is InChI=1S/C5H7N5O2.CH2O2/c6-3-2(8-1-11)4(12)10-5(7)9-3;2-1-3/h1H,(H,8,11)(H5,6,7,9,10,12);1H,(H,2,3). The number of carbonyl (C=O) groups excluding carboxylic acids is 1. The Morgan fingerprint density at radius 3 is 2.20 bits per heavy atom. The predicted molar refractivity (Wildman–Crippen MR) is 50.9 cm³/mol. The summed E-state index contributed by atoms with van der Waals surface area (Å²) < 4.78 is 0. The van der Waals surface area contributed by atoms with Gasteiger partial charge in [0.25, 0.3) is 6.47 Å². The summed E-state index contributed by atoms with van der Waals surface area (Å²) in [6.07, 6.45) is 0.352. The van der Waals surface area contributed by atoms with E-state index in [4.69, 9.17) is 26.5 Å². The third-order valence-corrected chi connectivity index (χ3v) is 1.14. The number of nitrogens with two attached hydrogens (primary N) is 2. The number of carboxylic acid groups (broad SMARTS) is 1. The van der Waals surface area contributed by atoms with Crippen molar-refractivity contribution in [1.82, 2.24) is 9.97 Å². The molecule has 82 valence electrons. The molecule has 0 aliphatic heterocycles. The molecule has 0 saturated carbocycles. The van der Waals surface area contributed by atoms with Crippen LogP contribution in [0.1, 0.15) is 0 Å². The average molecular weight is 215 g/mol. The number of aromatic nitrogens is 2. The first-order chi connectivity index (χ1) is 7.06. The Kier molecular flexibility index (Phi) is 4.94. The molecule has 0 aromatic carbocycles. The van der Waals surface area contributed by atoms with Crippen LogP contribution < -0.4 is 16.8 Å². The van der Waals surface area contributed by atoms with Gasteiger partial charge in [0, 0.05) is 0 Å². The van der Waals surface area contributed by atoms with E-state index >= 15 is 0 Å². The molecule has 9 heteroatoms. The molecule has 0 bridgehead atoms. The highest BCUT2D eigenvalue weighted by Crippen LogP contribution is 2.25. The third-order valence-electron chi connectivity index (χ3n) is 1.14. The molecule has 0 atom stereocenters. The van der Waals surface area contributed by atoms with Gasteiger partial charge in [-0.2, -0.15) is 9.97 Å². The zero-order chi connectivity index (χ0) is 11.8. The lowest BCUT2D eigenvalue weighted by Crippen LogP contribution is -2.05. The molecule has 1 aromatic heterocycles. The zero-order valence-electron chi connectivity index (χ0n) is 7.41. The maximum atomic E-state index is 10.00. The van der Waals surface area contributed by atoms with Crippen molar-refractivity contribution in [3.63, 3.8) is 0 Å². The van der Waals surface area contributed by atoms with E-state index in [0.717, 1.165) is 0 Å². The molecule has 0 saturated heterocycles. The minimum atomic E-state index is -0.452. The van der Waals surface area contributed by atoms with E-state index in [1.165, 1.54) is 0 Å². The van der Waals surface area contributed by atoms with Crippen molar-refractivity contribution in [2.75, 3.05) is 16.8 Å². The van der Waals surface area contributed by atoms with Gasteiger partial charge in [0.05, 0.1) is 0 Å². The van der Waals surface area contributed by atoms with Crippen LogP contribution in [-0.4, -0.2) is 33.1 Å². The highest BCUT2D eigenvalue weighted by atomic mass is 16.3. The first-order valence-corrected chi connectivity index (χ1v) is 3.46. The van der Waals surface area contributed by atoms with Crippen LogP contribution in [0.2, 0.25) is 0 Å². The van der Waals surface area contributed by atoms with Crippen molar-refractivity contribution < 1.29 is 19.8 Å². The Labute approximate surface area is 83.7 Å². The molecule has 0 radical (unpaired) electrons. The molecule has 1 amide bonds. The van der Waals surface area contributed by atoms with Gasteiger partial charge in [-0.25, -0.2) is 0 Å². The summed E-state index contributed by atoms with van der Waals surface area (Å²) in [5, 5.41) is 18.1. The minimum Gasteiger partial charge on any atom is -0.492 e. The zero-order valence-corrected chi connectivity index (χ0v) is 7.41. The van der Waals surface area contributed by atoms with Crippen LogP contribution in [0.5, 0.6) is 5.88 Å². The summed E-state index contributed by atoms with van der Waals surface area (Å²) >= 11 is 0. The van der Waals surface area contributed by atoms with Crippen LogP contribution in [-0.2, 0) is 9.59 Å². The van der Waals surface area contributed by atoms with Crippen LogP contribution in [0.15, 0.2) is 0 Å². The second-order valence-electron chi connectivity index (χ2n) is 2.03. The highest BCUT2D eigenvalue weighted by molar-refractivity contribution is 5.81. The molecule has 1 rings (SSSR count). The van der Waals surface area contributed by atoms with Crippen molar-refractivity contribution in [3.8, 4) is 5.88 Å². The molecule has 0 aliphatic carbocycles. The van der Waals surface area contributed by atoms with E-state index < -0.39 is 5.88 Å². The fraction of sp³-hybridized carbons (Fsp3) is 0. The molecule has 0 fully saturated rings. The summed E-state index contributed by atoms with van der Waals surface area (Å²) in [4.78, 5) is 25.3. The summed E-state index contributed by atoms with van der Waals surface area (Å²) in [6.45, 7) is -0.250. The molecular formula is C6H9N5O4. The summed E-state index contributed by atoms with van der Waals surface area (Å²) in [5.74, 6) is -0.680. The number of nitrogens with one attached hydrogen (secondary N) is 1. The van der Waals surface area contributed by atoms with Crippen LogP contribution in [0.25, 0.3) is 0 Å². The number of amides is 1. The van der Waals surface area contributed by atoms with Gasteiger partial charge < -0.3 is 27.0 Å². The molecule has 15 heavy (non-hydrogen) atoms. The minimum absolute atomic E-state index is 0.0424. The van der Waals surface area contributed by atoms with Gasteiger partial charge in [0.15, 0.2) is 5.82 Å². The number of carbonyl (C=O) groups is 2. The van der Waals surface area contributed by atoms with Crippen molar-refractivity contribution in [1.29, 1.82) is 0 Å². The molecule has 1 aromatic rings. The monoisotopic (exact) mass is 215 g/mol. The molecule has 7 N–H and O–H groups in total. The lowest BCUT2D eigenvalue weighted by atomic mass is 10.4. The number of nitrogens with zero attached hydrogens (tertiary/aromatic N) is 2. The SMILES string of the molecule is Nc1nc(N)c(NC=O)c(O)n1.O=CO. The van der Waals surface area contributed by atoms with Crippen LogP contribution in [0, 0.1) is 0 Å². The maximum absolute atomic E-state index is 10.00. The lowest BCUT2D eigenvalue weighted by Gasteiger charge is -2.04. The van der Waals surface area contributed by atoms with E-state index in [1.54, 1.807) is 0 Å². The molecule has 1 heterocycles. The number of hydrogen-bond acceptors (Lipinski definition) is 7. The second kappa shape index (κ2) is 5.96. The van der Waals surface area contributed by atoms with Gasteiger partial charge in [-0.3, -0.25) is 9.59 Å². The van der Waals surface area contributed by atoms with Gasteiger partial charge in [-0.05, 0) is 0 Å². The van der Waals surface area contributed by atoms with Crippen LogP contribution in [0.4, 0.5) is 17.5 Å². The summed E-state index contributed by atoms with van der Waals surface area (Å²) in [5.41, 5.74) is 10.4. The Balaban J connectivity index is 0.000000583. The molecule has 0 spiro atoms. The Morgan fingerprint density at radius 2 is 1.80 bits per heavy atom. The summed E-state index contributed by atoms with van der Waals surface area (Å²) in [6, 6.07) is 0. The van der Waals surface area contributed by atoms with Gasteiger partial charge in [-0.15, -0.1) is 0 Å². The number of aromatic hydroxyl groups is 1. The first-order valence-electron chi connectivity index (χ1n) is 3.46. The van der Waals surface area contributed by atoms with Crippen molar-refractivity contribution in [2.45, 2.75) is 0 Å². The molecule has 9 nitrogen and oxygen atoms in total. The topological polar surface area (TPSA) is 164 Å². The fourth-order valence-corrected chi connectivity index (χ4v) is 0.681. The van der Waals surface area contributed by atoms with Gasteiger partial charge in [0.1, 0.15) is 5.69 Å². The second-order valence-corrected chi connectivity index (χ2v) is 2.03. The largest absolute Gasteiger partial charge is 0.492 e. The Hall–Kier alpha value is -2.58. The third kappa shape index (κ3) is 3.76. The fourth-order valence-electron chi connectivity index (χ4n) is 0.681. The smallest absolute Gasteiger partial charge is 0.290 e. The Bertz CT molecular complexity index is 332. The normalized spacial score (nSPS) is 8.27. The average Bonchev–Trinajstić information content (AvgIpc) is 2.12. The van der Waals surface area contributed by atoms with E-state index in [0.29, 0.717) is 6.41 Å². The van der Waals surface area contributed by atoms with Crippen LogP contribution in [0.3, 0.4) is 0 Å². The number of rotatable bonds is 2. The van der Waals surface area contributed by atoms with E-state index in [-0.39, 0.29) is 23.9 Å². The van der Waals surface area contributed by atoms with Crippen molar-refractivity contribution in [2.24, 2.45) is 0 Å². The van der Waals surface area contributed by atoms with Gasteiger partial charge in [0.2, 0.25) is 18.2 Å². The molecular weight excluding hydrogens is 206 g/mol. The van der Waals surface area contributed by atoms with E-state index in [2.05, 4.69) is 15.3 Å². The van der Waals surface area contributed by atoms with Crippen molar-refractivity contribution in [3.05, 3.63) is 0 Å². The van der Waals surface area contributed by atoms with Gasteiger partial charge in [-0.1, -0.05) is 0 Å². The number of anilines is 3. The molecule has 0 unspecified atom stereocenters. The maximum Gasteiger partial charge on any atom is 0.290 e. The lowest BCUT2D eigenvalue weighted by molar-refractivity contribution is -0.122.